The summed E-state index contributed by atoms with van der Waals surface area (Å²) in [6, 6.07) is 7.96. The molecular formula is C15H25ClN2. The van der Waals surface area contributed by atoms with E-state index in [1.54, 1.807) is 0 Å². The third-order valence-corrected chi connectivity index (χ3v) is 3.53. The number of hydrogen-bond acceptors (Lipinski definition) is 2. The van der Waals surface area contributed by atoms with Gasteiger partial charge in [-0.1, -0.05) is 23.8 Å². The number of piperazine rings is 1. The number of nitrogens with zero attached hydrogens (tertiary/aromatic N) is 1. The predicted molar refractivity (Wildman–Crippen MR) is 80.5 cm³/mol. The molecule has 0 bridgehead atoms. The van der Waals surface area contributed by atoms with Gasteiger partial charge in [0.2, 0.25) is 0 Å². The summed E-state index contributed by atoms with van der Waals surface area (Å²) >= 11 is 0. The van der Waals surface area contributed by atoms with Crippen molar-refractivity contribution in [3.8, 4) is 0 Å². The van der Waals surface area contributed by atoms with Gasteiger partial charge in [-0.05, 0) is 38.8 Å². The van der Waals surface area contributed by atoms with Gasteiger partial charge in [0.25, 0.3) is 0 Å². The van der Waals surface area contributed by atoms with E-state index in [1.807, 2.05) is 0 Å². The maximum Gasteiger partial charge on any atom is 0.0237 e. The molecule has 1 aromatic carbocycles. The molecule has 18 heavy (non-hydrogen) atoms. The number of rotatable bonds is 2. The zero-order chi connectivity index (χ0) is 12.4. The molecule has 2 rings (SSSR count). The van der Waals surface area contributed by atoms with Gasteiger partial charge in [0, 0.05) is 31.7 Å². The lowest BCUT2D eigenvalue weighted by Gasteiger charge is -2.36. The molecule has 1 aliphatic rings. The first-order valence-electron chi connectivity index (χ1n) is 6.59. The van der Waals surface area contributed by atoms with E-state index >= 15 is 0 Å². The minimum Gasteiger partial charge on any atom is -0.309 e. The summed E-state index contributed by atoms with van der Waals surface area (Å²) in [6.45, 7) is 12.3. The first kappa shape index (κ1) is 15.5. The maximum absolute atomic E-state index is 3.58. The smallest absolute Gasteiger partial charge is 0.0237 e. The minimum absolute atomic E-state index is 0. The van der Waals surface area contributed by atoms with Crippen molar-refractivity contribution < 1.29 is 0 Å². The van der Waals surface area contributed by atoms with Crippen LogP contribution in [-0.4, -0.2) is 30.1 Å². The molecule has 2 atom stereocenters. The first-order valence-corrected chi connectivity index (χ1v) is 6.59. The summed E-state index contributed by atoms with van der Waals surface area (Å²) < 4.78 is 0. The van der Waals surface area contributed by atoms with Crippen LogP contribution in [0, 0.1) is 13.8 Å². The summed E-state index contributed by atoms with van der Waals surface area (Å²) in [6.07, 6.45) is 0. The van der Waals surface area contributed by atoms with Crippen LogP contribution >= 0.6 is 12.4 Å². The molecule has 2 nitrogen and oxygen atoms in total. The third-order valence-electron chi connectivity index (χ3n) is 3.53. The highest BCUT2D eigenvalue weighted by atomic mass is 35.5. The molecule has 3 heteroatoms. The first-order chi connectivity index (χ1) is 8.04. The minimum atomic E-state index is 0. The summed E-state index contributed by atoms with van der Waals surface area (Å²) in [5.41, 5.74) is 4.25. The van der Waals surface area contributed by atoms with Crippen molar-refractivity contribution in [3.05, 3.63) is 34.9 Å². The SMILES string of the molecule is Cc1ccc(C)c(CN2CC(C)NC(C)C2)c1.Cl. The highest BCUT2D eigenvalue weighted by molar-refractivity contribution is 5.85. The van der Waals surface area contributed by atoms with E-state index in [2.05, 4.69) is 56.1 Å². The zero-order valence-corrected chi connectivity index (χ0v) is 12.7. The molecule has 0 amide bonds. The average Bonchev–Trinajstić information content (AvgIpc) is 2.22. The van der Waals surface area contributed by atoms with E-state index in [4.69, 9.17) is 0 Å². The fraction of sp³-hybridized carbons (Fsp3) is 0.600. The van der Waals surface area contributed by atoms with Crippen LogP contribution < -0.4 is 5.32 Å². The molecule has 0 radical (unpaired) electrons. The van der Waals surface area contributed by atoms with Gasteiger partial charge in [0.1, 0.15) is 0 Å². The standard InChI is InChI=1S/C15H24N2.ClH/c1-11-5-6-12(2)15(7-11)10-17-8-13(3)16-14(4)9-17;/h5-7,13-14,16H,8-10H2,1-4H3;1H. The number of nitrogens with one attached hydrogen (secondary N) is 1. The molecule has 0 saturated carbocycles. The molecule has 0 aromatic heterocycles. The fourth-order valence-electron chi connectivity index (χ4n) is 2.78. The lowest BCUT2D eigenvalue weighted by atomic mass is 10.0. The van der Waals surface area contributed by atoms with Gasteiger partial charge in [-0.25, -0.2) is 0 Å². The molecule has 1 N–H and O–H groups in total. The highest BCUT2D eigenvalue weighted by Crippen LogP contribution is 2.15. The molecule has 0 aliphatic carbocycles. The molecule has 1 aliphatic heterocycles. The molecule has 2 unspecified atom stereocenters. The van der Waals surface area contributed by atoms with Gasteiger partial charge in [-0.15, -0.1) is 12.4 Å². The summed E-state index contributed by atoms with van der Waals surface area (Å²) in [5.74, 6) is 0. The number of aryl methyl sites for hydroxylation is 2. The number of hydrogen-bond donors (Lipinski definition) is 1. The van der Waals surface area contributed by atoms with Crippen LogP contribution in [-0.2, 0) is 6.54 Å². The maximum atomic E-state index is 3.58. The summed E-state index contributed by atoms with van der Waals surface area (Å²) in [7, 11) is 0. The van der Waals surface area contributed by atoms with Crippen molar-refractivity contribution in [1.29, 1.82) is 0 Å². The predicted octanol–water partition coefficient (Wildman–Crippen LogP) is 2.91. The van der Waals surface area contributed by atoms with Crippen LogP contribution in [0.2, 0.25) is 0 Å². The Balaban J connectivity index is 0.00000162. The molecule has 0 spiro atoms. The van der Waals surface area contributed by atoms with Crippen molar-refractivity contribution >= 4 is 12.4 Å². The molecular weight excluding hydrogens is 244 g/mol. The van der Waals surface area contributed by atoms with E-state index in [9.17, 15) is 0 Å². The van der Waals surface area contributed by atoms with Crippen molar-refractivity contribution in [1.82, 2.24) is 10.2 Å². The molecule has 1 heterocycles. The van der Waals surface area contributed by atoms with Crippen LogP contribution in [0.15, 0.2) is 18.2 Å². The van der Waals surface area contributed by atoms with E-state index < -0.39 is 0 Å². The number of benzene rings is 1. The van der Waals surface area contributed by atoms with E-state index in [-0.39, 0.29) is 12.4 Å². The summed E-state index contributed by atoms with van der Waals surface area (Å²) in [4.78, 5) is 2.56. The topological polar surface area (TPSA) is 15.3 Å². The molecule has 1 aromatic rings. The van der Waals surface area contributed by atoms with Crippen molar-refractivity contribution in [3.63, 3.8) is 0 Å². The lowest BCUT2D eigenvalue weighted by molar-refractivity contribution is 0.166. The van der Waals surface area contributed by atoms with Crippen LogP contribution in [0.4, 0.5) is 0 Å². The van der Waals surface area contributed by atoms with Gasteiger partial charge >= 0.3 is 0 Å². The van der Waals surface area contributed by atoms with Crippen molar-refractivity contribution in [2.24, 2.45) is 0 Å². The van der Waals surface area contributed by atoms with Crippen LogP contribution in [0.5, 0.6) is 0 Å². The lowest BCUT2D eigenvalue weighted by Crippen LogP contribution is -2.53. The largest absolute Gasteiger partial charge is 0.309 e. The van der Waals surface area contributed by atoms with Crippen molar-refractivity contribution in [2.75, 3.05) is 13.1 Å². The second kappa shape index (κ2) is 6.55. The van der Waals surface area contributed by atoms with E-state index in [0.717, 1.165) is 19.6 Å². The van der Waals surface area contributed by atoms with Gasteiger partial charge < -0.3 is 5.32 Å². The van der Waals surface area contributed by atoms with E-state index in [1.165, 1.54) is 16.7 Å². The van der Waals surface area contributed by atoms with Gasteiger partial charge in [0.15, 0.2) is 0 Å². The van der Waals surface area contributed by atoms with Gasteiger partial charge in [0.05, 0.1) is 0 Å². The van der Waals surface area contributed by atoms with Crippen LogP contribution in [0.3, 0.4) is 0 Å². The normalized spacial score (nSPS) is 24.7. The Morgan fingerprint density at radius 3 is 2.39 bits per heavy atom. The molecule has 1 fully saturated rings. The van der Waals surface area contributed by atoms with Gasteiger partial charge in [-0.3, -0.25) is 4.90 Å². The molecule has 1 saturated heterocycles. The number of halogens is 1. The Hall–Kier alpha value is -0.570. The monoisotopic (exact) mass is 268 g/mol. The van der Waals surface area contributed by atoms with Crippen LogP contribution in [0.25, 0.3) is 0 Å². The highest BCUT2D eigenvalue weighted by Gasteiger charge is 2.21. The Morgan fingerprint density at radius 2 is 1.78 bits per heavy atom. The third kappa shape index (κ3) is 3.98. The quantitative estimate of drug-likeness (QED) is 0.887. The average molecular weight is 269 g/mol. The van der Waals surface area contributed by atoms with Crippen LogP contribution in [0.1, 0.15) is 30.5 Å². The van der Waals surface area contributed by atoms with Gasteiger partial charge in [-0.2, -0.15) is 0 Å². The van der Waals surface area contributed by atoms with E-state index in [0.29, 0.717) is 12.1 Å². The Bertz CT molecular complexity index is 382. The Labute approximate surface area is 117 Å². The fourth-order valence-corrected chi connectivity index (χ4v) is 2.78. The zero-order valence-electron chi connectivity index (χ0n) is 11.9. The molecule has 102 valence electrons. The second-order valence-corrected chi connectivity index (χ2v) is 5.59. The summed E-state index contributed by atoms with van der Waals surface area (Å²) in [5, 5.41) is 3.58. The second-order valence-electron chi connectivity index (χ2n) is 5.59. The Kier molecular flexibility index (Phi) is 5.64. The van der Waals surface area contributed by atoms with Crippen molar-refractivity contribution in [2.45, 2.75) is 46.3 Å². The Morgan fingerprint density at radius 1 is 1.17 bits per heavy atom.